The molecular formula is C20H19N3O. The SMILES string of the molecule is Cc1ccc(C(=O)N2CCc3[nH]cnc3C2c2ccccc2)cc1. The first-order valence-electron chi connectivity index (χ1n) is 8.19. The summed E-state index contributed by atoms with van der Waals surface area (Å²) in [6, 6.07) is 17.7. The van der Waals surface area contributed by atoms with Gasteiger partial charge in [0.2, 0.25) is 0 Å². The van der Waals surface area contributed by atoms with Gasteiger partial charge < -0.3 is 9.88 Å². The van der Waals surface area contributed by atoms with Crippen LogP contribution in [-0.4, -0.2) is 27.3 Å². The molecule has 3 aromatic rings. The second-order valence-corrected chi connectivity index (χ2v) is 6.19. The van der Waals surface area contributed by atoms with Crippen molar-refractivity contribution in [3.8, 4) is 0 Å². The van der Waals surface area contributed by atoms with E-state index in [1.165, 1.54) is 0 Å². The molecule has 0 spiro atoms. The minimum absolute atomic E-state index is 0.0532. The van der Waals surface area contributed by atoms with Gasteiger partial charge >= 0.3 is 0 Å². The third-order valence-corrected chi connectivity index (χ3v) is 4.60. The van der Waals surface area contributed by atoms with Crippen molar-refractivity contribution in [3.63, 3.8) is 0 Å². The lowest BCUT2D eigenvalue weighted by Gasteiger charge is -2.35. The highest BCUT2D eigenvalue weighted by Gasteiger charge is 2.34. The maximum Gasteiger partial charge on any atom is 0.254 e. The predicted molar refractivity (Wildman–Crippen MR) is 92.8 cm³/mol. The Bertz CT molecular complexity index is 852. The topological polar surface area (TPSA) is 49.0 Å². The molecule has 1 aromatic heterocycles. The van der Waals surface area contributed by atoms with Crippen molar-refractivity contribution in [1.82, 2.24) is 14.9 Å². The van der Waals surface area contributed by atoms with Crippen molar-refractivity contribution < 1.29 is 4.79 Å². The van der Waals surface area contributed by atoms with E-state index in [9.17, 15) is 4.79 Å². The number of fused-ring (bicyclic) bond motifs is 1. The zero-order chi connectivity index (χ0) is 16.5. The van der Waals surface area contributed by atoms with Crippen LogP contribution in [-0.2, 0) is 6.42 Å². The molecule has 1 unspecified atom stereocenters. The van der Waals surface area contributed by atoms with Gasteiger partial charge in [-0.3, -0.25) is 4.79 Å². The Hall–Kier alpha value is -2.88. The van der Waals surface area contributed by atoms with Gasteiger partial charge in [-0.2, -0.15) is 0 Å². The van der Waals surface area contributed by atoms with Gasteiger partial charge in [-0.15, -0.1) is 0 Å². The fraction of sp³-hybridized carbons (Fsp3) is 0.200. The molecule has 2 aromatic carbocycles. The molecule has 1 amide bonds. The maximum absolute atomic E-state index is 13.1. The Labute approximate surface area is 141 Å². The first-order valence-corrected chi connectivity index (χ1v) is 8.19. The zero-order valence-electron chi connectivity index (χ0n) is 13.6. The summed E-state index contributed by atoms with van der Waals surface area (Å²) in [5.41, 5.74) is 5.04. The second kappa shape index (κ2) is 5.96. The molecule has 0 radical (unpaired) electrons. The van der Waals surface area contributed by atoms with E-state index in [1.807, 2.05) is 54.3 Å². The highest BCUT2D eigenvalue weighted by atomic mass is 16.2. The zero-order valence-corrected chi connectivity index (χ0v) is 13.6. The molecule has 0 saturated heterocycles. The smallest absolute Gasteiger partial charge is 0.254 e. The summed E-state index contributed by atoms with van der Waals surface area (Å²) in [6.07, 6.45) is 2.52. The van der Waals surface area contributed by atoms with Crippen LogP contribution in [0.3, 0.4) is 0 Å². The Morgan fingerprint density at radius 1 is 1.12 bits per heavy atom. The van der Waals surface area contributed by atoms with E-state index >= 15 is 0 Å². The second-order valence-electron chi connectivity index (χ2n) is 6.19. The Balaban J connectivity index is 1.76. The molecule has 0 fully saturated rings. The number of nitrogens with zero attached hydrogens (tertiary/aromatic N) is 2. The average Bonchev–Trinajstić information content (AvgIpc) is 3.10. The molecule has 120 valence electrons. The summed E-state index contributed by atoms with van der Waals surface area (Å²) < 4.78 is 0. The summed E-state index contributed by atoms with van der Waals surface area (Å²) in [4.78, 5) is 22.8. The van der Waals surface area contributed by atoms with Gasteiger partial charge in [-0.05, 0) is 24.6 Å². The summed E-state index contributed by atoms with van der Waals surface area (Å²) in [7, 11) is 0. The molecule has 2 heterocycles. The van der Waals surface area contributed by atoms with Crippen molar-refractivity contribution in [2.75, 3.05) is 6.54 Å². The fourth-order valence-electron chi connectivity index (χ4n) is 3.33. The van der Waals surface area contributed by atoms with Gasteiger partial charge in [0.1, 0.15) is 6.04 Å². The Kier molecular flexibility index (Phi) is 3.65. The molecule has 0 saturated carbocycles. The predicted octanol–water partition coefficient (Wildman–Crippen LogP) is 3.51. The van der Waals surface area contributed by atoms with Crippen LogP contribution < -0.4 is 0 Å². The number of benzene rings is 2. The lowest BCUT2D eigenvalue weighted by atomic mass is 9.95. The van der Waals surface area contributed by atoms with E-state index < -0.39 is 0 Å². The molecule has 4 heteroatoms. The average molecular weight is 317 g/mol. The summed E-state index contributed by atoms with van der Waals surface area (Å²) in [5, 5.41) is 0. The summed E-state index contributed by atoms with van der Waals surface area (Å²) >= 11 is 0. The Morgan fingerprint density at radius 3 is 2.62 bits per heavy atom. The monoisotopic (exact) mass is 317 g/mol. The minimum atomic E-state index is -0.144. The molecule has 4 nitrogen and oxygen atoms in total. The minimum Gasteiger partial charge on any atom is -0.348 e. The van der Waals surface area contributed by atoms with Crippen LogP contribution in [0.15, 0.2) is 60.9 Å². The van der Waals surface area contributed by atoms with Crippen LogP contribution in [0.25, 0.3) is 0 Å². The van der Waals surface area contributed by atoms with Gasteiger partial charge in [0.15, 0.2) is 0 Å². The third-order valence-electron chi connectivity index (χ3n) is 4.60. The van der Waals surface area contributed by atoms with Gasteiger partial charge in [0, 0.05) is 24.2 Å². The Morgan fingerprint density at radius 2 is 1.88 bits per heavy atom. The van der Waals surface area contributed by atoms with Crippen LogP contribution >= 0.6 is 0 Å². The van der Waals surface area contributed by atoms with Crippen molar-refractivity contribution in [1.29, 1.82) is 0 Å². The molecule has 1 N–H and O–H groups in total. The van der Waals surface area contributed by atoms with Crippen LogP contribution in [0.2, 0.25) is 0 Å². The van der Waals surface area contributed by atoms with E-state index in [1.54, 1.807) is 6.33 Å². The lowest BCUT2D eigenvalue weighted by Crippen LogP contribution is -2.40. The van der Waals surface area contributed by atoms with E-state index in [4.69, 9.17) is 0 Å². The number of aromatic amines is 1. The number of imidazole rings is 1. The highest BCUT2D eigenvalue weighted by Crippen LogP contribution is 2.34. The first-order chi connectivity index (χ1) is 11.7. The maximum atomic E-state index is 13.1. The lowest BCUT2D eigenvalue weighted by molar-refractivity contribution is 0.0690. The van der Waals surface area contributed by atoms with Crippen molar-refractivity contribution in [2.24, 2.45) is 0 Å². The first kappa shape index (κ1) is 14.7. The number of nitrogens with one attached hydrogen (secondary N) is 1. The molecule has 4 rings (SSSR count). The molecule has 0 aliphatic carbocycles. The van der Waals surface area contributed by atoms with E-state index in [2.05, 4.69) is 22.1 Å². The number of hydrogen-bond donors (Lipinski definition) is 1. The molecular weight excluding hydrogens is 298 g/mol. The van der Waals surface area contributed by atoms with Gasteiger partial charge in [0.05, 0.1) is 12.0 Å². The number of carbonyl (C=O) groups excluding carboxylic acids is 1. The summed E-state index contributed by atoms with van der Waals surface area (Å²) in [6.45, 7) is 2.71. The molecule has 1 atom stereocenters. The number of carbonyl (C=O) groups is 1. The molecule has 0 bridgehead atoms. The standard InChI is InChI=1S/C20H19N3O/c1-14-7-9-16(10-8-14)20(24)23-12-11-17-18(22-13-21-17)19(23)15-5-3-2-4-6-15/h2-10,13,19H,11-12H2,1H3,(H,21,22). The summed E-state index contributed by atoms with van der Waals surface area (Å²) in [5.74, 6) is 0.0532. The quantitative estimate of drug-likeness (QED) is 0.786. The number of hydrogen-bond acceptors (Lipinski definition) is 2. The van der Waals surface area contributed by atoms with Crippen molar-refractivity contribution in [3.05, 3.63) is 89.0 Å². The highest BCUT2D eigenvalue weighted by molar-refractivity contribution is 5.95. The van der Waals surface area contributed by atoms with Gasteiger partial charge in [0.25, 0.3) is 5.91 Å². The van der Waals surface area contributed by atoms with Crippen molar-refractivity contribution >= 4 is 5.91 Å². The largest absolute Gasteiger partial charge is 0.348 e. The number of H-pyrrole nitrogens is 1. The van der Waals surface area contributed by atoms with Crippen LogP contribution in [0.4, 0.5) is 0 Å². The number of rotatable bonds is 2. The van der Waals surface area contributed by atoms with Crippen molar-refractivity contribution in [2.45, 2.75) is 19.4 Å². The van der Waals surface area contributed by atoms with E-state index in [0.29, 0.717) is 6.54 Å². The molecule has 1 aliphatic heterocycles. The van der Waals surface area contributed by atoms with Gasteiger partial charge in [-0.25, -0.2) is 4.98 Å². The normalized spacial score (nSPS) is 16.7. The van der Waals surface area contributed by atoms with Crippen LogP contribution in [0.1, 0.15) is 38.9 Å². The molecule has 1 aliphatic rings. The number of amides is 1. The van der Waals surface area contributed by atoms with E-state index in [-0.39, 0.29) is 11.9 Å². The molecule has 24 heavy (non-hydrogen) atoms. The van der Waals surface area contributed by atoms with Crippen LogP contribution in [0.5, 0.6) is 0 Å². The third kappa shape index (κ3) is 2.50. The number of aromatic nitrogens is 2. The van der Waals surface area contributed by atoms with E-state index in [0.717, 1.165) is 34.5 Å². The van der Waals surface area contributed by atoms with Crippen LogP contribution in [0, 0.1) is 6.92 Å². The number of aryl methyl sites for hydroxylation is 1. The van der Waals surface area contributed by atoms with Gasteiger partial charge in [-0.1, -0.05) is 48.0 Å². The fourth-order valence-corrected chi connectivity index (χ4v) is 3.33.